The summed E-state index contributed by atoms with van der Waals surface area (Å²) in [5.41, 5.74) is 7.79. The van der Waals surface area contributed by atoms with E-state index in [1.54, 1.807) is 12.1 Å². The van der Waals surface area contributed by atoms with Crippen molar-refractivity contribution in [3.8, 4) is 22.4 Å². The first-order chi connectivity index (χ1) is 13.5. The number of imidazole rings is 1. The molecule has 2 aromatic heterocycles. The number of hydrogen-bond acceptors (Lipinski definition) is 3. The molecule has 4 rings (SSSR count). The molecule has 0 radical (unpaired) electrons. The molecule has 0 bridgehead atoms. The highest BCUT2D eigenvalue weighted by Crippen LogP contribution is 2.30. The minimum Gasteiger partial charge on any atom is -0.478 e. The van der Waals surface area contributed by atoms with Crippen LogP contribution in [0.1, 0.15) is 34.2 Å². The van der Waals surface area contributed by atoms with Gasteiger partial charge in [0.15, 0.2) is 5.65 Å². The second kappa shape index (κ2) is 6.93. The molecule has 0 aliphatic heterocycles. The molecule has 1 N–H and O–H groups in total. The maximum absolute atomic E-state index is 11.5. The predicted molar refractivity (Wildman–Crippen MR) is 110 cm³/mol. The second-order valence-corrected chi connectivity index (χ2v) is 6.89. The first-order valence-electron chi connectivity index (χ1n) is 9.28. The summed E-state index contributed by atoms with van der Waals surface area (Å²) in [5.74, 6) is -0.926. The molecule has 2 aromatic carbocycles. The number of aromatic nitrogens is 3. The minimum absolute atomic E-state index is 0.298. The Balaban J connectivity index is 1.86. The molecule has 0 fully saturated rings. The Bertz CT molecular complexity index is 1190. The van der Waals surface area contributed by atoms with Gasteiger partial charge < -0.3 is 5.11 Å². The molecule has 0 atom stereocenters. The van der Waals surface area contributed by atoms with Gasteiger partial charge in [0.2, 0.25) is 0 Å². The van der Waals surface area contributed by atoms with Crippen LogP contribution in [0.2, 0.25) is 0 Å². The number of nitrogens with zero attached hydrogens (tertiary/aromatic N) is 3. The zero-order valence-electron chi connectivity index (χ0n) is 16.1. The van der Waals surface area contributed by atoms with E-state index in [0.29, 0.717) is 11.1 Å². The summed E-state index contributed by atoms with van der Waals surface area (Å²) in [7, 11) is 0. The molecule has 0 saturated heterocycles. The van der Waals surface area contributed by atoms with Gasteiger partial charge in [-0.25, -0.2) is 14.3 Å². The van der Waals surface area contributed by atoms with Crippen LogP contribution in [0.25, 0.3) is 28.0 Å². The van der Waals surface area contributed by atoms with Crippen molar-refractivity contribution in [3.63, 3.8) is 0 Å². The second-order valence-electron chi connectivity index (χ2n) is 6.89. The maximum Gasteiger partial charge on any atom is 0.336 e. The SMILES string of the molecule is CCc1nc2c(C)cc(C)nn2c1-c1ccc(-c2ccccc2C(=O)O)cc1. The van der Waals surface area contributed by atoms with Crippen molar-refractivity contribution >= 4 is 11.6 Å². The molecule has 0 aliphatic carbocycles. The summed E-state index contributed by atoms with van der Waals surface area (Å²) in [6.45, 7) is 6.12. The van der Waals surface area contributed by atoms with E-state index in [9.17, 15) is 9.90 Å². The van der Waals surface area contributed by atoms with Gasteiger partial charge in [0, 0.05) is 5.56 Å². The number of rotatable bonds is 4. The van der Waals surface area contributed by atoms with Crippen molar-refractivity contribution in [2.45, 2.75) is 27.2 Å². The Hall–Kier alpha value is -3.47. The fourth-order valence-electron chi connectivity index (χ4n) is 3.64. The van der Waals surface area contributed by atoms with Gasteiger partial charge in [0.05, 0.1) is 22.6 Å². The topological polar surface area (TPSA) is 67.5 Å². The first-order valence-corrected chi connectivity index (χ1v) is 9.28. The van der Waals surface area contributed by atoms with Crippen molar-refractivity contribution < 1.29 is 9.90 Å². The summed E-state index contributed by atoms with van der Waals surface area (Å²) in [6.07, 6.45) is 0.806. The third-order valence-corrected chi connectivity index (χ3v) is 4.92. The van der Waals surface area contributed by atoms with Gasteiger partial charge in [-0.2, -0.15) is 5.10 Å². The molecule has 5 heteroatoms. The number of aryl methyl sites for hydroxylation is 3. The van der Waals surface area contributed by atoms with E-state index in [2.05, 4.69) is 12.0 Å². The van der Waals surface area contributed by atoms with Crippen molar-refractivity contribution in [3.05, 3.63) is 77.1 Å². The van der Waals surface area contributed by atoms with E-state index >= 15 is 0 Å². The third-order valence-electron chi connectivity index (χ3n) is 4.92. The highest BCUT2D eigenvalue weighted by atomic mass is 16.4. The molecular formula is C23H21N3O2. The third kappa shape index (κ3) is 2.95. The molecule has 0 aliphatic rings. The van der Waals surface area contributed by atoms with Crippen molar-refractivity contribution in [2.24, 2.45) is 0 Å². The number of benzene rings is 2. The van der Waals surface area contributed by atoms with Crippen LogP contribution in [-0.4, -0.2) is 25.7 Å². The minimum atomic E-state index is -0.926. The number of hydrogen-bond donors (Lipinski definition) is 1. The average Bonchev–Trinajstić information content (AvgIpc) is 3.07. The first kappa shape index (κ1) is 17.9. The highest BCUT2D eigenvalue weighted by Gasteiger charge is 2.17. The maximum atomic E-state index is 11.5. The fraction of sp³-hybridized carbons (Fsp3) is 0.174. The number of carbonyl (C=O) groups is 1. The van der Waals surface area contributed by atoms with Gasteiger partial charge in [-0.05, 0) is 49.1 Å². The normalized spacial score (nSPS) is 11.1. The van der Waals surface area contributed by atoms with E-state index in [1.165, 1.54) is 0 Å². The molecule has 5 nitrogen and oxygen atoms in total. The molecule has 140 valence electrons. The van der Waals surface area contributed by atoms with Crippen molar-refractivity contribution in [1.82, 2.24) is 14.6 Å². The van der Waals surface area contributed by atoms with Crippen LogP contribution in [0.5, 0.6) is 0 Å². The summed E-state index contributed by atoms with van der Waals surface area (Å²) in [5, 5.41) is 14.1. The monoisotopic (exact) mass is 371 g/mol. The fourth-order valence-corrected chi connectivity index (χ4v) is 3.64. The average molecular weight is 371 g/mol. The Morgan fingerprint density at radius 1 is 1.04 bits per heavy atom. The van der Waals surface area contributed by atoms with E-state index in [0.717, 1.165) is 45.8 Å². The summed E-state index contributed by atoms with van der Waals surface area (Å²) < 4.78 is 1.92. The summed E-state index contributed by atoms with van der Waals surface area (Å²) in [6, 6.07) is 17.0. The lowest BCUT2D eigenvalue weighted by molar-refractivity contribution is 0.0697. The Morgan fingerprint density at radius 3 is 2.39 bits per heavy atom. The van der Waals surface area contributed by atoms with Gasteiger partial charge in [-0.1, -0.05) is 49.4 Å². The van der Waals surface area contributed by atoms with Gasteiger partial charge in [-0.15, -0.1) is 0 Å². The molecule has 0 spiro atoms. The van der Waals surface area contributed by atoms with Crippen LogP contribution in [0.4, 0.5) is 0 Å². The summed E-state index contributed by atoms with van der Waals surface area (Å²) in [4.78, 5) is 16.3. The van der Waals surface area contributed by atoms with Gasteiger partial charge in [-0.3, -0.25) is 0 Å². The molecule has 0 amide bonds. The van der Waals surface area contributed by atoms with Crippen LogP contribution in [0.15, 0.2) is 54.6 Å². The molecule has 0 unspecified atom stereocenters. The largest absolute Gasteiger partial charge is 0.478 e. The van der Waals surface area contributed by atoms with Gasteiger partial charge in [0.1, 0.15) is 0 Å². The van der Waals surface area contributed by atoms with Crippen LogP contribution in [0.3, 0.4) is 0 Å². The van der Waals surface area contributed by atoms with E-state index < -0.39 is 5.97 Å². The lowest BCUT2D eigenvalue weighted by atomic mass is 9.98. The lowest BCUT2D eigenvalue weighted by Crippen LogP contribution is -2.00. The van der Waals surface area contributed by atoms with Gasteiger partial charge >= 0.3 is 5.97 Å². The molecule has 4 aromatic rings. The number of carboxylic acid groups (broad SMARTS) is 1. The van der Waals surface area contributed by atoms with Gasteiger partial charge in [0.25, 0.3) is 0 Å². The van der Waals surface area contributed by atoms with Crippen LogP contribution in [0, 0.1) is 13.8 Å². The van der Waals surface area contributed by atoms with Crippen LogP contribution < -0.4 is 0 Å². The standard InChI is InChI=1S/C23H21N3O2/c1-4-20-21(26-22(24-20)14(2)13-15(3)25-26)17-11-9-16(10-12-17)18-7-5-6-8-19(18)23(27)28/h5-13H,4H2,1-3H3,(H,27,28). The van der Waals surface area contributed by atoms with Crippen LogP contribution >= 0.6 is 0 Å². The Kier molecular flexibility index (Phi) is 4.43. The zero-order chi connectivity index (χ0) is 19.8. The lowest BCUT2D eigenvalue weighted by Gasteiger charge is -2.09. The van der Waals surface area contributed by atoms with Crippen LogP contribution in [-0.2, 0) is 6.42 Å². The predicted octanol–water partition coefficient (Wildman–Crippen LogP) is 4.94. The molecule has 28 heavy (non-hydrogen) atoms. The van der Waals surface area contributed by atoms with E-state index in [1.807, 2.05) is 60.8 Å². The molecule has 0 saturated carbocycles. The smallest absolute Gasteiger partial charge is 0.336 e. The zero-order valence-corrected chi connectivity index (χ0v) is 16.1. The quantitative estimate of drug-likeness (QED) is 0.552. The molecule has 2 heterocycles. The molecular weight excluding hydrogens is 350 g/mol. The summed E-state index contributed by atoms with van der Waals surface area (Å²) >= 11 is 0. The highest BCUT2D eigenvalue weighted by molar-refractivity contribution is 5.96. The van der Waals surface area contributed by atoms with Crippen molar-refractivity contribution in [1.29, 1.82) is 0 Å². The van der Waals surface area contributed by atoms with E-state index in [4.69, 9.17) is 4.98 Å². The number of aromatic carboxylic acids is 1. The van der Waals surface area contributed by atoms with Crippen molar-refractivity contribution in [2.75, 3.05) is 0 Å². The number of fused-ring (bicyclic) bond motifs is 1. The Morgan fingerprint density at radius 2 is 1.71 bits per heavy atom. The Labute approximate surface area is 163 Å². The van der Waals surface area contributed by atoms with E-state index in [-0.39, 0.29) is 0 Å². The number of carboxylic acids is 1.